The first kappa shape index (κ1) is 15.0. The molecule has 3 nitrogen and oxygen atoms in total. The molecule has 0 saturated heterocycles. The third kappa shape index (κ3) is 4.65. The van der Waals surface area contributed by atoms with E-state index in [4.69, 9.17) is 4.74 Å². The van der Waals surface area contributed by atoms with Crippen LogP contribution in [0.25, 0.3) is 0 Å². The van der Waals surface area contributed by atoms with Gasteiger partial charge in [0.05, 0.1) is 13.3 Å². The number of hydrogen-bond donors (Lipinski definition) is 1. The number of ether oxygens (including phenoxy) is 1. The van der Waals surface area contributed by atoms with Crippen molar-refractivity contribution in [2.75, 3.05) is 13.7 Å². The Bertz CT molecular complexity index is 358. The maximum atomic E-state index is 5.40. The van der Waals surface area contributed by atoms with Crippen molar-refractivity contribution >= 4 is 0 Å². The summed E-state index contributed by atoms with van der Waals surface area (Å²) >= 11 is 0. The number of rotatable bonds is 6. The standard InChI is InChI=1S/C15H26N2O/c1-6-17-13(7-9-15(2,3)4)12-8-10-16-11-14(12)18-5/h8,10-11,13,17H,6-7,9H2,1-5H3. The molecular weight excluding hydrogens is 224 g/mol. The van der Waals surface area contributed by atoms with Gasteiger partial charge in [-0.25, -0.2) is 0 Å². The van der Waals surface area contributed by atoms with Crippen LogP contribution in [0.1, 0.15) is 52.1 Å². The molecule has 0 fully saturated rings. The summed E-state index contributed by atoms with van der Waals surface area (Å²) in [4.78, 5) is 4.11. The molecule has 0 aromatic carbocycles. The average Bonchev–Trinajstić information content (AvgIpc) is 2.33. The second-order valence-electron chi connectivity index (χ2n) is 5.83. The summed E-state index contributed by atoms with van der Waals surface area (Å²) in [6.07, 6.45) is 5.91. The lowest BCUT2D eigenvalue weighted by Crippen LogP contribution is -2.23. The molecule has 1 aromatic rings. The predicted octanol–water partition coefficient (Wildman–Crippen LogP) is 3.57. The van der Waals surface area contributed by atoms with Crippen LogP contribution in [0.5, 0.6) is 5.75 Å². The second-order valence-corrected chi connectivity index (χ2v) is 5.83. The van der Waals surface area contributed by atoms with Crippen molar-refractivity contribution in [1.29, 1.82) is 0 Å². The molecule has 0 bridgehead atoms. The molecule has 0 amide bonds. The van der Waals surface area contributed by atoms with Gasteiger partial charge in [-0.1, -0.05) is 27.7 Å². The molecule has 3 heteroatoms. The van der Waals surface area contributed by atoms with Crippen LogP contribution in [0.3, 0.4) is 0 Å². The van der Waals surface area contributed by atoms with Gasteiger partial charge in [0.15, 0.2) is 0 Å². The molecule has 102 valence electrons. The van der Waals surface area contributed by atoms with Crippen LogP contribution >= 0.6 is 0 Å². The van der Waals surface area contributed by atoms with Gasteiger partial charge in [0.2, 0.25) is 0 Å². The maximum Gasteiger partial charge on any atom is 0.141 e. The highest BCUT2D eigenvalue weighted by molar-refractivity contribution is 5.32. The van der Waals surface area contributed by atoms with E-state index in [9.17, 15) is 0 Å². The Labute approximate surface area is 111 Å². The smallest absolute Gasteiger partial charge is 0.141 e. The van der Waals surface area contributed by atoms with E-state index in [1.165, 1.54) is 12.0 Å². The average molecular weight is 250 g/mol. The van der Waals surface area contributed by atoms with Crippen molar-refractivity contribution in [3.63, 3.8) is 0 Å². The SMILES string of the molecule is CCNC(CCC(C)(C)C)c1ccncc1OC. The van der Waals surface area contributed by atoms with Gasteiger partial charge >= 0.3 is 0 Å². The number of pyridine rings is 1. The molecule has 18 heavy (non-hydrogen) atoms. The van der Waals surface area contributed by atoms with Gasteiger partial charge in [0.1, 0.15) is 5.75 Å². The molecular formula is C15H26N2O. The summed E-state index contributed by atoms with van der Waals surface area (Å²) in [5.41, 5.74) is 1.56. The highest BCUT2D eigenvalue weighted by atomic mass is 16.5. The van der Waals surface area contributed by atoms with E-state index in [1.54, 1.807) is 13.3 Å². The minimum absolute atomic E-state index is 0.340. The van der Waals surface area contributed by atoms with Crippen LogP contribution in [-0.4, -0.2) is 18.6 Å². The number of methoxy groups -OCH3 is 1. The zero-order chi connectivity index (χ0) is 13.6. The summed E-state index contributed by atoms with van der Waals surface area (Å²) in [6, 6.07) is 2.39. The Morgan fingerprint density at radius 1 is 1.39 bits per heavy atom. The zero-order valence-electron chi connectivity index (χ0n) is 12.3. The fourth-order valence-corrected chi connectivity index (χ4v) is 2.04. The molecule has 1 rings (SSSR count). The van der Waals surface area contributed by atoms with Crippen molar-refractivity contribution in [2.24, 2.45) is 5.41 Å². The number of hydrogen-bond acceptors (Lipinski definition) is 3. The lowest BCUT2D eigenvalue weighted by molar-refractivity contribution is 0.327. The molecule has 0 radical (unpaired) electrons. The molecule has 1 heterocycles. The molecule has 1 atom stereocenters. The highest BCUT2D eigenvalue weighted by Crippen LogP contribution is 2.31. The molecule has 1 N–H and O–H groups in total. The zero-order valence-corrected chi connectivity index (χ0v) is 12.3. The van der Waals surface area contributed by atoms with Crippen LogP contribution in [0, 0.1) is 5.41 Å². The molecule has 0 aliphatic carbocycles. The summed E-state index contributed by atoms with van der Waals surface area (Å²) in [7, 11) is 1.70. The van der Waals surface area contributed by atoms with E-state index in [0.717, 1.165) is 18.7 Å². The first-order valence-corrected chi connectivity index (χ1v) is 6.69. The van der Waals surface area contributed by atoms with E-state index >= 15 is 0 Å². The van der Waals surface area contributed by atoms with Crippen LogP contribution in [-0.2, 0) is 0 Å². The number of nitrogens with one attached hydrogen (secondary N) is 1. The summed E-state index contributed by atoms with van der Waals surface area (Å²) in [5, 5.41) is 3.54. The Hall–Kier alpha value is -1.09. The van der Waals surface area contributed by atoms with Gasteiger partial charge < -0.3 is 10.1 Å². The van der Waals surface area contributed by atoms with Crippen LogP contribution < -0.4 is 10.1 Å². The highest BCUT2D eigenvalue weighted by Gasteiger charge is 2.18. The third-order valence-corrected chi connectivity index (χ3v) is 3.05. The molecule has 0 aliphatic rings. The Morgan fingerprint density at radius 2 is 2.11 bits per heavy atom. The molecule has 0 spiro atoms. The first-order chi connectivity index (χ1) is 8.48. The summed E-state index contributed by atoms with van der Waals surface area (Å²) in [5.74, 6) is 0.873. The molecule has 1 unspecified atom stereocenters. The minimum Gasteiger partial charge on any atom is -0.495 e. The summed E-state index contributed by atoms with van der Waals surface area (Å²) in [6.45, 7) is 9.93. The largest absolute Gasteiger partial charge is 0.495 e. The lowest BCUT2D eigenvalue weighted by atomic mass is 9.87. The Balaban J connectivity index is 2.83. The van der Waals surface area contributed by atoms with Gasteiger partial charge in [0, 0.05) is 17.8 Å². The normalized spacial score (nSPS) is 13.4. The number of aromatic nitrogens is 1. The van der Waals surface area contributed by atoms with Crippen LogP contribution in [0.2, 0.25) is 0 Å². The topological polar surface area (TPSA) is 34.2 Å². The van der Waals surface area contributed by atoms with E-state index < -0.39 is 0 Å². The van der Waals surface area contributed by atoms with E-state index in [2.05, 4.69) is 44.1 Å². The fraction of sp³-hybridized carbons (Fsp3) is 0.667. The van der Waals surface area contributed by atoms with Crippen molar-refractivity contribution in [1.82, 2.24) is 10.3 Å². The number of nitrogens with zero attached hydrogens (tertiary/aromatic N) is 1. The van der Waals surface area contributed by atoms with Gasteiger partial charge in [-0.3, -0.25) is 4.98 Å². The summed E-state index contributed by atoms with van der Waals surface area (Å²) < 4.78 is 5.40. The van der Waals surface area contributed by atoms with E-state index in [-0.39, 0.29) is 0 Å². The van der Waals surface area contributed by atoms with Gasteiger partial charge in [0.25, 0.3) is 0 Å². The van der Waals surface area contributed by atoms with Crippen LogP contribution in [0.4, 0.5) is 0 Å². The molecule has 0 saturated carbocycles. The Kier molecular flexibility index (Phi) is 5.60. The fourth-order valence-electron chi connectivity index (χ4n) is 2.04. The minimum atomic E-state index is 0.340. The first-order valence-electron chi connectivity index (χ1n) is 6.69. The van der Waals surface area contributed by atoms with Crippen molar-refractivity contribution in [3.8, 4) is 5.75 Å². The molecule has 1 aromatic heterocycles. The predicted molar refractivity (Wildman–Crippen MR) is 75.9 cm³/mol. The van der Waals surface area contributed by atoms with E-state index in [0.29, 0.717) is 11.5 Å². The van der Waals surface area contributed by atoms with Crippen molar-refractivity contribution < 1.29 is 4.74 Å². The maximum absolute atomic E-state index is 5.40. The van der Waals surface area contributed by atoms with E-state index in [1.807, 2.05) is 6.20 Å². The lowest BCUT2D eigenvalue weighted by Gasteiger charge is -2.25. The quantitative estimate of drug-likeness (QED) is 0.838. The van der Waals surface area contributed by atoms with Gasteiger partial charge in [-0.2, -0.15) is 0 Å². The van der Waals surface area contributed by atoms with Gasteiger partial charge in [-0.15, -0.1) is 0 Å². The molecule has 0 aliphatic heterocycles. The van der Waals surface area contributed by atoms with Crippen LogP contribution in [0.15, 0.2) is 18.5 Å². The third-order valence-electron chi connectivity index (χ3n) is 3.05. The van der Waals surface area contributed by atoms with Crippen molar-refractivity contribution in [3.05, 3.63) is 24.0 Å². The van der Waals surface area contributed by atoms with Crippen molar-refractivity contribution in [2.45, 2.75) is 46.6 Å². The monoisotopic (exact) mass is 250 g/mol. The Morgan fingerprint density at radius 3 is 2.67 bits per heavy atom. The second kappa shape index (κ2) is 6.74. The van der Waals surface area contributed by atoms with Gasteiger partial charge in [-0.05, 0) is 30.9 Å².